The lowest BCUT2D eigenvalue weighted by atomic mass is 10.0. The van der Waals surface area contributed by atoms with Crippen LogP contribution in [0, 0.1) is 0 Å². The molecule has 8 nitrogen and oxygen atoms in total. The summed E-state index contributed by atoms with van der Waals surface area (Å²) < 4.78 is 10.2. The van der Waals surface area contributed by atoms with Crippen molar-refractivity contribution in [3.63, 3.8) is 0 Å². The van der Waals surface area contributed by atoms with Gasteiger partial charge >= 0.3 is 12.0 Å². The highest BCUT2D eigenvalue weighted by Crippen LogP contribution is 2.28. The van der Waals surface area contributed by atoms with Gasteiger partial charge in [0, 0.05) is 13.1 Å². The van der Waals surface area contributed by atoms with Gasteiger partial charge in [0.15, 0.2) is 0 Å². The fourth-order valence-electron chi connectivity index (χ4n) is 3.17. The van der Waals surface area contributed by atoms with Crippen molar-refractivity contribution in [2.24, 2.45) is 0 Å². The number of aromatic nitrogens is 3. The first-order chi connectivity index (χ1) is 10.6. The van der Waals surface area contributed by atoms with Crippen molar-refractivity contribution in [3.05, 3.63) is 0 Å². The first kappa shape index (κ1) is 15.2. The third kappa shape index (κ3) is 3.22. The van der Waals surface area contributed by atoms with E-state index in [9.17, 15) is 5.11 Å². The highest BCUT2D eigenvalue weighted by molar-refractivity contribution is 5.35. The van der Waals surface area contributed by atoms with Crippen LogP contribution in [-0.4, -0.2) is 77.5 Å². The smallest absolute Gasteiger partial charge is 0.324 e. The number of likely N-dealkylation sites (tertiary alicyclic amines) is 1. The van der Waals surface area contributed by atoms with Crippen LogP contribution in [0.15, 0.2) is 0 Å². The lowest BCUT2D eigenvalue weighted by molar-refractivity contribution is 0.0292. The Morgan fingerprint density at radius 2 is 1.68 bits per heavy atom. The first-order valence-electron chi connectivity index (χ1n) is 7.66. The number of anilines is 1. The Hall–Kier alpha value is -1.67. The summed E-state index contributed by atoms with van der Waals surface area (Å²) in [7, 11) is 3.01. The maximum Gasteiger partial charge on any atom is 0.324 e. The average Bonchev–Trinajstić information content (AvgIpc) is 3.16. The molecule has 0 radical (unpaired) electrons. The summed E-state index contributed by atoms with van der Waals surface area (Å²) in [5.41, 5.74) is -0.711. The molecule has 3 heterocycles. The van der Waals surface area contributed by atoms with Crippen LogP contribution >= 0.6 is 0 Å². The van der Waals surface area contributed by atoms with Gasteiger partial charge in [0.05, 0.1) is 26.4 Å². The summed E-state index contributed by atoms with van der Waals surface area (Å²) in [6.45, 7) is 4.09. The van der Waals surface area contributed by atoms with Gasteiger partial charge in [-0.1, -0.05) is 0 Å². The Bertz CT molecular complexity index is 501. The Morgan fingerprint density at radius 3 is 2.27 bits per heavy atom. The lowest BCUT2D eigenvalue weighted by Crippen LogP contribution is -2.44. The van der Waals surface area contributed by atoms with Crippen LogP contribution in [0.3, 0.4) is 0 Å². The molecule has 0 saturated carbocycles. The summed E-state index contributed by atoms with van der Waals surface area (Å²) in [5.74, 6) is 0.487. The molecule has 1 N–H and O–H groups in total. The predicted molar refractivity (Wildman–Crippen MR) is 80.4 cm³/mol. The van der Waals surface area contributed by atoms with Crippen LogP contribution in [0.25, 0.3) is 0 Å². The van der Waals surface area contributed by atoms with E-state index in [2.05, 4.69) is 19.9 Å². The molecule has 2 fully saturated rings. The molecule has 0 amide bonds. The number of ether oxygens (including phenoxy) is 2. The third-order valence-corrected chi connectivity index (χ3v) is 4.28. The number of nitrogens with zero attached hydrogens (tertiary/aromatic N) is 5. The van der Waals surface area contributed by atoms with E-state index in [1.165, 1.54) is 27.1 Å². The van der Waals surface area contributed by atoms with E-state index in [0.29, 0.717) is 32.0 Å². The van der Waals surface area contributed by atoms with Crippen molar-refractivity contribution in [1.82, 2.24) is 19.9 Å². The molecule has 8 heteroatoms. The standard InChI is InChI=1S/C14H23N5O3/c1-21-12-15-11(16-13(17-12)22-2)19-8-5-14(20,10-19)9-18-6-3-4-7-18/h20H,3-10H2,1-2H3. The van der Waals surface area contributed by atoms with Gasteiger partial charge in [-0.3, -0.25) is 0 Å². The summed E-state index contributed by atoms with van der Waals surface area (Å²) in [6.07, 6.45) is 3.16. The molecule has 122 valence electrons. The fraction of sp³-hybridized carbons (Fsp3) is 0.786. The van der Waals surface area contributed by atoms with E-state index in [4.69, 9.17) is 9.47 Å². The maximum absolute atomic E-state index is 10.8. The molecule has 2 saturated heterocycles. The minimum atomic E-state index is -0.711. The Balaban J connectivity index is 1.71. The number of rotatable bonds is 5. The number of aliphatic hydroxyl groups is 1. The third-order valence-electron chi connectivity index (χ3n) is 4.28. The van der Waals surface area contributed by atoms with Gasteiger partial charge < -0.3 is 24.4 Å². The van der Waals surface area contributed by atoms with E-state index in [-0.39, 0.29) is 12.0 Å². The van der Waals surface area contributed by atoms with E-state index < -0.39 is 5.60 Å². The molecule has 1 aromatic rings. The zero-order chi connectivity index (χ0) is 15.6. The van der Waals surface area contributed by atoms with Crippen molar-refractivity contribution in [1.29, 1.82) is 0 Å². The molecule has 0 spiro atoms. The molecule has 1 atom stereocenters. The number of hydrogen-bond acceptors (Lipinski definition) is 8. The SMILES string of the molecule is COc1nc(OC)nc(N2CCC(O)(CN3CCCC3)C2)n1. The number of hydrogen-bond donors (Lipinski definition) is 1. The van der Waals surface area contributed by atoms with E-state index in [1.807, 2.05) is 4.90 Å². The molecule has 0 aromatic carbocycles. The van der Waals surface area contributed by atoms with E-state index in [1.54, 1.807) is 0 Å². The van der Waals surface area contributed by atoms with Gasteiger partial charge in [-0.05, 0) is 32.4 Å². The molecule has 0 aliphatic carbocycles. The minimum absolute atomic E-state index is 0.219. The number of β-amino-alcohol motifs (C(OH)–C–C–N with tert-alkyl or cyclic N) is 1. The van der Waals surface area contributed by atoms with Crippen LogP contribution in [0.2, 0.25) is 0 Å². The lowest BCUT2D eigenvalue weighted by Gasteiger charge is -2.28. The second kappa shape index (κ2) is 6.21. The Labute approximate surface area is 130 Å². The fourth-order valence-corrected chi connectivity index (χ4v) is 3.17. The predicted octanol–water partition coefficient (Wildman–Crippen LogP) is -0.0742. The molecule has 2 aliphatic rings. The highest BCUT2D eigenvalue weighted by Gasteiger charge is 2.39. The van der Waals surface area contributed by atoms with Gasteiger partial charge in [-0.25, -0.2) is 0 Å². The minimum Gasteiger partial charge on any atom is -0.467 e. The summed E-state index contributed by atoms with van der Waals surface area (Å²) in [5, 5.41) is 10.8. The van der Waals surface area contributed by atoms with E-state index >= 15 is 0 Å². The highest BCUT2D eigenvalue weighted by atomic mass is 16.5. The molecule has 3 rings (SSSR count). The largest absolute Gasteiger partial charge is 0.467 e. The van der Waals surface area contributed by atoms with Crippen LogP contribution in [0.1, 0.15) is 19.3 Å². The Kier molecular flexibility index (Phi) is 4.30. The molecule has 22 heavy (non-hydrogen) atoms. The molecule has 1 unspecified atom stereocenters. The first-order valence-corrected chi connectivity index (χ1v) is 7.66. The van der Waals surface area contributed by atoms with Crippen molar-refractivity contribution in [3.8, 4) is 12.0 Å². The number of methoxy groups -OCH3 is 2. The van der Waals surface area contributed by atoms with Crippen LogP contribution in [-0.2, 0) is 0 Å². The van der Waals surface area contributed by atoms with Gasteiger partial charge in [-0.15, -0.1) is 4.98 Å². The zero-order valence-electron chi connectivity index (χ0n) is 13.2. The van der Waals surface area contributed by atoms with Crippen LogP contribution in [0.5, 0.6) is 12.0 Å². The molecular weight excluding hydrogens is 286 g/mol. The Morgan fingerprint density at radius 1 is 1.05 bits per heavy atom. The average molecular weight is 309 g/mol. The summed E-state index contributed by atoms with van der Waals surface area (Å²) >= 11 is 0. The summed E-state index contributed by atoms with van der Waals surface area (Å²) in [4.78, 5) is 16.8. The van der Waals surface area contributed by atoms with Crippen molar-refractivity contribution >= 4 is 5.95 Å². The zero-order valence-corrected chi connectivity index (χ0v) is 13.2. The van der Waals surface area contributed by atoms with Crippen LogP contribution < -0.4 is 14.4 Å². The van der Waals surface area contributed by atoms with Gasteiger partial charge in [0.1, 0.15) is 0 Å². The van der Waals surface area contributed by atoms with Crippen molar-refractivity contribution in [2.75, 3.05) is 51.8 Å². The molecule has 0 bridgehead atoms. The second-order valence-electron chi connectivity index (χ2n) is 5.99. The van der Waals surface area contributed by atoms with Crippen LogP contribution in [0.4, 0.5) is 5.95 Å². The van der Waals surface area contributed by atoms with E-state index in [0.717, 1.165) is 13.1 Å². The van der Waals surface area contributed by atoms with Crippen molar-refractivity contribution < 1.29 is 14.6 Å². The topological polar surface area (TPSA) is 83.8 Å². The van der Waals surface area contributed by atoms with Gasteiger partial charge in [0.2, 0.25) is 5.95 Å². The van der Waals surface area contributed by atoms with Crippen molar-refractivity contribution in [2.45, 2.75) is 24.9 Å². The maximum atomic E-state index is 10.8. The molecular formula is C14H23N5O3. The quantitative estimate of drug-likeness (QED) is 0.809. The molecule has 1 aromatic heterocycles. The van der Waals surface area contributed by atoms with Gasteiger partial charge in [0.25, 0.3) is 0 Å². The van der Waals surface area contributed by atoms with Gasteiger partial charge in [-0.2, -0.15) is 9.97 Å². The normalized spacial score (nSPS) is 25.7. The molecule has 2 aliphatic heterocycles. The monoisotopic (exact) mass is 309 g/mol. The second-order valence-corrected chi connectivity index (χ2v) is 5.99. The summed E-state index contributed by atoms with van der Waals surface area (Å²) in [6, 6.07) is 0.439.